The highest BCUT2D eigenvalue weighted by Gasteiger charge is 2.33. The predicted molar refractivity (Wildman–Crippen MR) is 77.5 cm³/mol. The molecule has 0 spiro atoms. The van der Waals surface area contributed by atoms with Gasteiger partial charge in [0.1, 0.15) is 5.75 Å². The molecule has 1 atom stereocenters. The first-order chi connectivity index (χ1) is 9.83. The number of rotatable bonds is 4. The molecule has 0 aliphatic heterocycles. The molecule has 0 saturated heterocycles. The average molecular weight is 267 g/mol. The van der Waals surface area contributed by atoms with Crippen molar-refractivity contribution in [2.75, 3.05) is 0 Å². The van der Waals surface area contributed by atoms with Gasteiger partial charge in [0, 0.05) is 0 Å². The number of para-hydroxylation sites is 1. The highest BCUT2D eigenvalue weighted by Crippen LogP contribution is 2.40. The summed E-state index contributed by atoms with van der Waals surface area (Å²) in [7, 11) is 0. The van der Waals surface area contributed by atoms with E-state index < -0.39 is 6.09 Å². The SMILES string of the molecule is O=C(NC(c1ccccc1)C1CC1)Oc1ccccc1. The molecular formula is C17H17NO2. The molecule has 1 aliphatic rings. The highest BCUT2D eigenvalue weighted by atomic mass is 16.6. The van der Waals surface area contributed by atoms with E-state index in [1.165, 1.54) is 0 Å². The molecule has 1 N–H and O–H groups in total. The van der Waals surface area contributed by atoms with E-state index in [1.807, 2.05) is 48.5 Å². The highest BCUT2D eigenvalue weighted by molar-refractivity contribution is 5.71. The number of hydrogen-bond acceptors (Lipinski definition) is 2. The Morgan fingerprint density at radius 2 is 1.60 bits per heavy atom. The maximum atomic E-state index is 12.0. The maximum Gasteiger partial charge on any atom is 0.413 e. The van der Waals surface area contributed by atoms with Gasteiger partial charge in [-0.2, -0.15) is 0 Å². The van der Waals surface area contributed by atoms with Crippen molar-refractivity contribution in [1.82, 2.24) is 5.32 Å². The summed E-state index contributed by atoms with van der Waals surface area (Å²) < 4.78 is 5.29. The van der Waals surface area contributed by atoms with Crippen LogP contribution in [0.2, 0.25) is 0 Å². The Kier molecular flexibility index (Phi) is 3.68. The van der Waals surface area contributed by atoms with Gasteiger partial charge in [-0.25, -0.2) is 4.79 Å². The van der Waals surface area contributed by atoms with Gasteiger partial charge in [0.05, 0.1) is 6.04 Å². The molecule has 0 radical (unpaired) electrons. The number of hydrogen-bond donors (Lipinski definition) is 1. The molecule has 1 amide bonds. The molecule has 20 heavy (non-hydrogen) atoms. The van der Waals surface area contributed by atoms with Crippen molar-refractivity contribution < 1.29 is 9.53 Å². The van der Waals surface area contributed by atoms with Crippen molar-refractivity contribution in [2.45, 2.75) is 18.9 Å². The topological polar surface area (TPSA) is 38.3 Å². The van der Waals surface area contributed by atoms with Gasteiger partial charge in [-0.1, -0.05) is 48.5 Å². The van der Waals surface area contributed by atoms with Crippen LogP contribution in [0.4, 0.5) is 4.79 Å². The molecule has 0 aromatic heterocycles. The van der Waals surface area contributed by atoms with Gasteiger partial charge in [-0.05, 0) is 36.5 Å². The quantitative estimate of drug-likeness (QED) is 0.911. The van der Waals surface area contributed by atoms with Crippen molar-refractivity contribution in [3.63, 3.8) is 0 Å². The van der Waals surface area contributed by atoms with Crippen LogP contribution < -0.4 is 10.1 Å². The average Bonchev–Trinajstić information content (AvgIpc) is 3.31. The minimum absolute atomic E-state index is 0.0485. The molecule has 3 heteroatoms. The molecule has 102 valence electrons. The molecule has 3 rings (SSSR count). The largest absolute Gasteiger partial charge is 0.413 e. The predicted octanol–water partition coefficient (Wildman–Crippen LogP) is 3.93. The van der Waals surface area contributed by atoms with Gasteiger partial charge >= 0.3 is 6.09 Å². The molecule has 3 nitrogen and oxygen atoms in total. The van der Waals surface area contributed by atoms with Crippen LogP contribution in [-0.2, 0) is 0 Å². The first-order valence-electron chi connectivity index (χ1n) is 6.91. The number of benzene rings is 2. The molecule has 0 heterocycles. The fraction of sp³-hybridized carbons (Fsp3) is 0.235. The van der Waals surface area contributed by atoms with Crippen LogP contribution in [0.25, 0.3) is 0 Å². The Bertz CT molecular complexity index is 564. The lowest BCUT2D eigenvalue weighted by Gasteiger charge is -2.18. The normalized spacial score (nSPS) is 15.4. The van der Waals surface area contributed by atoms with E-state index in [2.05, 4.69) is 5.32 Å². The van der Waals surface area contributed by atoms with Gasteiger partial charge in [0.15, 0.2) is 0 Å². The van der Waals surface area contributed by atoms with Crippen LogP contribution in [0, 0.1) is 5.92 Å². The number of ether oxygens (including phenoxy) is 1. The van der Waals surface area contributed by atoms with Crippen LogP contribution in [-0.4, -0.2) is 6.09 Å². The fourth-order valence-electron chi connectivity index (χ4n) is 2.32. The molecule has 2 aromatic rings. The Hall–Kier alpha value is -2.29. The monoisotopic (exact) mass is 267 g/mol. The summed E-state index contributed by atoms with van der Waals surface area (Å²) in [6.45, 7) is 0. The summed E-state index contributed by atoms with van der Waals surface area (Å²) in [5.41, 5.74) is 1.14. The third-order valence-corrected chi connectivity index (χ3v) is 3.48. The van der Waals surface area contributed by atoms with E-state index in [1.54, 1.807) is 12.1 Å². The Balaban J connectivity index is 1.67. The second-order valence-electron chi connectivity index (χ2n) is 5.07. The zero-order valence-corrected chi connectivity index (χ0v) is 11.2. The van der Waals surface area contributed by atoms with Crippen LogP contribution in [0.5, 0.6) is 5.75 Å². The molecular weight excluding hydrogens is 250 g/mol. The summed E-state index contributed by atoms with van der Waals surface area (Å²) in [5.74, 6) is 1.09. The standard InChI is InChI=1S/C17H17NO2/c19-17(20-15-9-5-2-6-10-15)18-16(14-11-12-14)13-7-3-1-4-8-13/h1-10,14,16H,11-12H2,(H,18,19). The van der Waals surface area contributed by atoms with Crippen molar-refractivity contribution >= 4 is 6.09 Å². The van der Waals surface area contributed by atoms with Gasteiger partial charge < -0.3 is 10.1 Å². The lowest BCUT2D eigenvalue weighted by Crippen LogP contribution is -2.32. The third-order valence-electron chi connectivity index (χ3n) is 3.48. The van der Waals surface area contributed by atoms with E-state index >= 15 is 0 Å². The molecule has 1 fully saturated rings. The summed E-state index contributed by atoms with van der Waals surface area (Å²) in [4.78, 5) is 12.0. The number of carbonyl (C=O) groups excluding carboxylic acids is 1. The van der Waals surface area contributed by atoms with Gasteiger partial charge in [-0.3, -0.25) is 0 Å². The molecule has 1 saturated carbocycles. The maximum absolute atomic E-state index is 12.0. The summed E-state index contributed by atoms with van der Waals surface area (Å²) in [6.07, 6.45) is 1.92. The smallest absolute Gasteiger partial charge is 0.410 e. The Morgan fingerprint density at radius 3 is 2.20 bits per heavy atom. The number of nitrogens with one attached hydrogen (secondary N) is 1. The second-order valence-corrected chi connectivity index (χ2v) is 5.07. The van der Waals surface area contributed by atoms with Crippen molar-refractivity contribution in [1.29, 1.82) is 0 Å². The van der Waals surface area contributed by atoms with Gasteiger partial charge in [0.25, 0.3) is 0 Å². The van der Waals surface area contributed by atoms with E-state index in [9.17, 15) is 4.79 Å². The van der Waals surface area contributed by atoms with Gasteiger partial charge in [0.2, 0.25) is 0 Å². The summed E-state index contributed by atoms with van der Waals surface area (Å²) in [5, 5.41) is 2.98. The minimum Gasteiger partial charge on any atom is -0.410 e. The van der Waals surface area contributed by atoms with Crippen LogP contribution in [0.1, 0.15) is 24.4 Å². The zero-order chi connectivity index (χ0) is 13.8. The van der Waals surface area contributed by atoms with Crippen LogP contribution >= 0.6 is 0 Å². The Labute approximate surface area is 118 Å². The Morgan fingerprint density at radius 1 is 1.00 bits per heavy atom. The van der Waals surface area contributed by atoms with E-state index in [-0.39, 0.29) is 6.04 Å². The molecule has 2 aromatic carbocycles. The fourth-order valence-corrected chi connectivity index (χ4v) is 2.32. The van der Waals surface area contributed by atoms with Crippen molar-refractivity contribution in [3.05, 3.63) is 66.2 Å². The first-order valence-corrected chi connectivity index (χ1v) is 6.91. The van der Waals surface area contributed by atoms with E-state index in [0.29, 0.717) is 11.7 Å². The lowest BCUT2D eigenvalue weighted by molar-refractivity contribution is 0.194. The first kappa shape index (κ1) is 12.7. The molecule has 1 aliphatic carbocycles. The van der Waals surface area contributed by atoms with Crippen LogP contribution in [0.3, 0.4) is 0 Å². The van der Waals surface area contributed by atoms with Crippen LogP contribution in [0.15, 0.2) is 60.7 Å². The summed E-state index contributed by atoms with van der Waals surface area (Å²) >= 11 is 0. The van der Waals surface area contributed by atoms with E-state index in [4.69, 9.17) is 4.74 Å². The molecule has 0 bridgehead atoms. The number of carbonyl (C=O) groups is 1. The summed E-state index contributed by atoms with van der Waals surface area (Å²) in [6, 6.07) is 19.2. The van der Waals surface area contributed by atoms with Crippen molar-refractivity contribution in [3.8, 4) is 5.75 Å². The third kappa shape index (κ3) is 3.18. The lowest BCUT2D eigenvalue weighted by atomic mass is 10.0. The zero-order valence-electron chi connectivity index (χ0n) is 11.2. The van der Waals surface area contributed by atoms with Crippen molar-refractivity contribution in [2.24, 2.45) is 5.92 Å². The second kappa shape index (κ2) is 5.78. The minimum atomic E-state index is -0.392. The van der Waals surface area contributed by atoms with E-state index in [0.717, 1.165) is 18.4 Å². The number of amides is 1. The molecule has 1 unspecified atom stereocenters. The van der Waals surface area contributed by atoms with Gasteiger partial charge in [-0.15, -0.1) is 0 Å².